The van der Waals surface area contributed by atoms with Crippen molar-refractivity contribution < 1.29 is 9.53 Å². The van der Waals surface area contributed by atoms with Crippen molar-refractivity contribution in [2.75, 3.05) is 6.61 Å². The predicted molar refractivity (Wildman–Crippen MR) is 46.5 cm³/mol. The lowest BCUT2D eigenvalue weighted by Crippen LogP contribution is -2.16. The van der Waals surface area contributed by atoms with E-state index >= 15 is 0 Å². The van der Waals surface area contributed by atoms with Gasteiger partial charge in [0, 0.05) is 0 Å². The zero-order valence-electron chi connectivity index (χ0n) is 7.57. The second kappa shape index (κ2) is 3.84. The van der Waals surface area contributed by atoms with Gasteiger partial charge in [-0.25, -0.2) is 9.97 Å². The molecule has 5 nitrogen and oxygen atoms in total. The number of aromatic nitrogens is 2. The summed E-state index contributed by atoms with van der Waals surface area (Å²) in [4.78, 5) is 18.6. The van der Waals surface area contributed by atoms with Crippen LogP contribution in [0, 0.1) is 6.92 Å². The van der Waals surface area contributed by atoms with E-state index in [1.165, 1.54) is 6.20 Å². The minimum absolute atomic E-state index is 0.184. The van der Waals surface area contributed by atoms with E-state index in [1.54, 1.807) is 6.92 Å². The first kappa shape index (κ1) is 9.44. The first-order valence-electron chi connectivity index (χ1n) is 3.91. The van der Waals surface area contributed by atoms with Crippen LogP contribution in [-0.2, 0) is 0 Å². The van der Waals surface area contributed by atoms with E-state index in [4.69, 9.17) is 10.5 Å². The molecule has 0 aromatic carbocycles. The molecule has 0 aliphatic heterocycles. The van der Waals surface area contributed by atoms with Crippen LogP contribution in [0.2, 0.25) is 0 Å². The highest BCUT2D eigenvalue weighted by Crippen LogP contribution is 2.08. The zero-order valence-corrected chi connectivity index (χ0v) is 7.57. The molecular formula is C8H11N3O2. The van der Waals surface area contributed by atoms with Crippen molar-refractivity contribution in [3.8, 4) is 5.88 Å². The summed E-state index contributed by atoms with van der Waals surface area (Å²) in [5.41, 5.74) is 5.72. The fourth-order valence-electron chi connectivity index (χ4n) is 0.920. The van der Waals surface area contributed by atoms with Crippen LogP contribution in [0.1, 0.15) is 23.1 Å². The maximum absolute atomic E-state index is 10.8. The van der Waals surface area contributed by atoms with Gasteiger partial charge in [-0.3, -0.25) is 4.79 Å². The van der Waals surface area contributed by atoms with Crippen LogP contribution in [0.4, 0.5) is 0 Å². The molecule has 1 aromatic heterocycles. The predicted octanol–water partition coefficient (Wildman–Crippen LogP) is 0.283. The first-order valence-corrected chi connectivity index (χ1v) is 3.91. The van der Waals surface area contributed by atoms with Crippen LogP contribution in [0.25, 0.3) is 0 Å². The number of amides is 1. The molecule has 0 atom stereocenters. The maximum Gasteiger partial charge on any atom is 0.269 e. The third-order valence-electron chi connectivity index (χ3n) is 1.45. The van der Waals surface area contributed by atoms with Gasteiger partial charge in [-0.15, -0.1) is 0 Å². The van der Waals surface area contributed by atoms with E-state index in [1.807, 2.05) is 6.92 Å². The third-order valence-corrected chi connectivity index (χ3v) is 1.45. The molecule has 70 valence electrons. The molecule has 2 N–H and O–H groups in total. The molecule has 0 unspecified atom stereocenters. The van der Waals surface area contributed by atoms with Gasteiger partial charge >= 0.3 is 0 Å². The normalized spacial score (nSPS) is 9.69. The van der Waals surface area contributed by atoms with Crippen molar-refractivity contribution in [3.63, 3.8) is 0 Å². The second-order valence-corrected chi connectivity index (χ2v) is 2.44. The Balaban J connectivity index is 2.98. The highest BCUT2D eigenvalue weighted by Gasteiger charge is 2.08. The van der Waals surface area contributed by atoms with E-state index in [-0.39, 0.29) is 5.69 Å². The molecule has 1 rings (SSSR count). The Labute approximate surface area is 75.9 Å². The first-order chi connectivity index (χ1) is 6.15. The van der Waals surface area contributed by atoms with Crippen LogP contribution in [-0.4, -0.2) is 22.5 Å². The van der Waals surface area contributed by atoms with Gasteiger partial charge in [-0.1, -0.05) is 0 Å². The fourth-order valence-corrected chi connectivity index (χ4v) is 0.920. The molecule has 0 saturated heterocycles. The number of hydrogen-bond acceptors (Lipinski definition) is 4. The van der Waals surface area contributed by atoms with Crippen molar-refractivity contribution in [2.45, 2.75) is 13.8 Å². The summed E-state index contributed by atoms with van der Waals surface area (Å²) in [6.07, 6.45) is 1.39. The van der Waals surface area contributed by atoms with Gasteiger partial charge in [-0.05, 0) is 13.8 Å². The molecule has 0 radical (unpaired) electrons. The number of ether oxygens (including phenoxy) is 1. The second-order valence-electron chi connectivity index (χ2n) is 2.44. The molecule has 0 saturated carbocycles. The van der Waals surface area contributed by atoms with E-state index in [9.17, 15) is 4.79 Å². The number of hydrogen-bond donors (Lipinski definition) is 1. The summed E-state index contributed by atoms with van der Waals surface area (Å²) in [5, 5.41) is 0. The van der Waals surface area contributed by atoms with Gasteiger partial charge in [0.25, 0.3) is 5.91 Å². The zero-order chi connectivity index (χ0) is 9.84. The van der Waals surface area contributed by atoms with E-state index in [0.29, 0.717) is 18.2 Å². The molecule has 1 heterocycles. The molecule has 5 heteroatoms. The average molecular weight is 181 g/mol. The van der Waals surface area contributed by atoms with E-state index < -0.39 is 5.91 Å². The Kier molecular flexibility index (Phi) is 2.79. The Morgan fingerprint density at radius 2 is 2.38 bits per heavy atom. The van der Waals surface area contributed by atoms with Crippen molar-refractivity contribution in [3.05, 3.63) is 17.6 Å². The molecule has 0 fully saturated rings. The summed E-state index contributed by atoms with van der Waals surface area (Å²) < 4.78 is 5.10. The van der Waals surface area contributed by atoms with Crippen LogP contribution in [0.5, 0.6) is 5.88 Å². The van der Waals surface area contributed by atoms with E-state index in [2.05, 4.69) is 9.97 Å². The van der Waals surface area contributed by atoms with Gasteiger partial charge < -0.3 is 10.5 Å². The SMILES string of the molecule is CCOc1cnc(C(N)=O)c(C)n1. The third kappa shape index (κ3) is 2.14. The molecule has 0 bridgehead atoms. The van der Waals surface area contributed by atoms with Crippen molar-refractivity contribution in [1.82, 2.24) is 9.97 Å². The van der Waals surface area contributed by atoms with Crippen molar-refractivity contribution >= 4 is 5.91 Å². The van der Waals surface area contributed by atoms with Crippen molar-refractivity contribution in [2.24, 2.45) is 5.73 Å². The number of nitrogens with zero attached hydrogens (tertiary/aromatic N) is 2. The monoisotopic (exact) mass is 181 g/mol. The van der Waals surface area contributed by atoms with Crippen LogP contribution in [0.15, 0.2) is 6.20 Å². The van der Waals surface area contributed by atoms with Crippen LogP contribution in [0.3, 0.4) is 0 Å². The van der Waals surface area contributed by atoms with Crippen LogP contribution < -0.4 is 10.5 Å². The summed E-state index contributed by atoms with van der Waals surface area (Å²) in [5.74, 6) is -0.168. The number of carbonyl (C=O) groups is 1. The van der Waals surface area contributed by atoms with Gasteiger partial charge in [-0.2, -0.15) is 0 Å². The van der Waals surface area contributed by atoms with E-state index in [0.717, 1.165) is 0 Å². The number of nitrogens with two attached hydrogens (primary N) is 1. The number of primary amides is 1. The lowest BCUT2D eigenvalue weighted by molar-refractivity contribution is 0.0994. The molecule has 0 aliphatic carbocycles. The van der Waals surface area contributed by atoms with Gasteiger partial charge in [0.2, 0.25) is 5.88 Å². The van der Waals surface area contributed by atoms with Gasteiger partial charge in [0.15, 0.2) is 0 Å². The Hall–Kier alpha value is -1.65. The standard InChI is InChI=1S/C8H11N3O2/c1-3-13-6-4-10-7(8(9)12)5(2)11-6/h4H,3H2,1-2H3,(H2,9,12). The summed E-state index contributed by atoms with van der Waals surface area (Å²) in [6, 6.07) is 0. The summed E-state index contributed by atoms with van der Waals surface area (Å²) >= 11 is 0. The lowest BCUT2D eigenvalue weighted by atomic mass is 10.3. The highest BCUT2D eigenvalue weighted by molar-refractivity contribution is 5.91. The average Bonchev–Trinajstić information content (AvgIpc) is 2.04. The topological polar surface area (TPSA) is 78.1 Å². The molecule has 0 spiro atoms. The summed E-state index contributed by atoms with van der Waals surface area (Å²) in [6.45, 7) is 4.03. The molecule has 13 heavy (non-hydrogen) atoms. The smallest absolute Gasteiger partial charge is 0.269 e. The Bertz CT molecular complexity index is 325. The largest absolute Gasteiger partial charge is 0.477 e. The minimum atomic E-state index is -0.576. The number of rotatable bonds is 3. The fraction of sp³-hybridized carbons (Fsp3) is 0.375. The number of carbonyl (C=O) groups excluding carboxylic acids is 1. The maximum atomic E-state index is 10.8. The lowest BCUT2D eigenvalue weighted by Gasteiger charge is -2.03. The molecule has 0 aliphatic rings. The highest BCUT2D eigenvalue weighted by atomic mass is 16.5. The van der Waals surface area contributed by atoms with Gasteiger partial charge in [0.05, 0.1) is 18.5 Å². The Morgan fingerprint density at radius 3 is 2.85 bits per heavy atom. The minimum Gasteiger partial charge on any atom is -0.477 e. The van der Waals surface area contributed by atoms with Gasteiger partial charge in [0.1, 0.15) is 5.69 Å². The quantitative estimate of drug-likeness (QED) is 0.726. The molecular weight excluding hydrogens is 170 g/mol. The summed E-state index contributed by atoms with van der Waals surface area (Å²) in [7, 11) is 0. The molecule has 1 amide bonds. The van der Waals surface area contributed by atoms with Crippen molar-refractivity contribution in [1.29, 1.82) is 0 Å². The Morgan fingerprint density at radius 1 is 1.69 bits per heavy atom. The van der Waals surface area contributed by atoms with Crippen LogP contribution >= 0.6 is 0 Å². The molecule has 1 aromatic rings. The number of aryl methyl sites for hydroxylation is 1.